The second-order valence-electron chi connectivity index (χ2n) is 4.45. The van der Waals surface area contributed by atoms with Gasteiger partial charge in [-0.25, -0.2) is 0 Å². The minimum absolute atomic E-state index is 0.819. The van der Waals surface area contributed by atoms with E-state index >= 15 is 0 Å². The van der Waals surface area contributed by atoms with Gasteiger partial charge < -0.3 is 9.73 Å². The molecule has 102 valence electrons. The maximum Gasteiger partial charge on any atom is 0.117 e. The molecule has 2 heterocycles. The molecule has 0 saturated carbocycles. The largest absolute Gasteiger partial charge is 0.468 e. The Morgan fingerprint density at radius 3 is 2.89 bits per heavy atom. The lowest BCUT2D eigenvalue weighted by Gasteiger charge is -2.19. The standard InChI is InChI=1S/C15H21N3O/c1-2-18(13-15-7-5-11-19-15)10-9-16-12-14-6-3-4-8-17-14/h3-8,11,16H,2,9-10,12-13H2,1H3. The summed E-state index contributed by atoms with van der Waals surface area (Å²) in [6.45, 7) is 6.83. The normalized spacial score (nSPS) is 11.1. The highest BCUT2D eigenvalue weighted by Gasteiger charge is 2.05. The minimum atomic E-state index is 0.819. The molecule has 0 bridgehead atoms. The second kappa shape index (κ2) is 7.71. The summed E-state index contributed by atoms with van der Waals surface area (Å²) in [6, 6.07) is 9.94. The molecule has 0 spiro atoms. The minimum Gasteiger partial charge on any atom is -0.468 e. The zero-order chi connectivity index (χ0) is 13.3. The van der Waals surface area contributed by atoms with Crippen LogP contribution < -0.4 is 5.32 Å². The molecular weight excluding hydrogens is 238 g/mol. The van der Waals surface area contributed by atoms with Gasteiger partial charge >= 0.3 is 0 Å². The van der Waals surface area contributed by atoms with Crippen molar-refractivity contribution in [2.75, 3.05) is 19.6 Å². The first-order chi connectivity index (χ1) is 9.38. The van der Waals surface area contributed by atoms with Gasteiger partial charge in [-0.05, 0) is 30.8 Å². The molecule has 0 aliphatic carbocycles. The lowest BCUT2D eigenvalue weighted by molar-refractivity contribution is 0.255. The van der Waals surface area contributed by atoms with Crippen molar-refractivity contribution in [3.05, 3.63) is 54.2 Å². The molecule has 0 unspecified atom stereocenters. The Bertz CT molecular complexity index is 442. The summed E-state index contributed by atoms with van der Waals surface area (Å²) in [7, 11) is 0. The van der Waals surface area contributed by atoms with Crippen molar-refractivity contribution in [1.82, 2.24) is 15.2 Å². The predicted octanol–water partition coefficient (Wildman–Crippen LogP) is 2.29. The lowest BCUT2D eigenvalue weighted by Crippen LogP contribution is -2.31. The summed E-state index contributed by atoms with van der Waals surface area (Å²) in [6.07, 6.45) is 3.55. The van der Waals surface area contributed by atoms with E-state index in [0.29, 0.717) is 0 Å². The van der Waals surface area contributed by atoms with Crippen molar-refractivity contribution in [2.45, 2.75) is 20.0 Å². The Labute approximate surface area is 114 Å². The highest BCUT2D eigenvalue weighted by atomic mass is 16.3. The summed E-state index contributed by atoms with van der Waals surface area (Å²) in [5.74, 6) is 1.02. The van der Waals surface area contributed by atoms with Gasteiger partial charge in [0, 0.05) is 25.8 Å². The zero-order valence-electron chi connectivity index (χ0n) is 11.4. The van der Waals surface area contributed by atoms with Gasteiger partial charge in [0.1, 0.15) is 5.76 Å². The fourth-order valence-electron chi connectivity index (χ4n) is 1.93. The highest BCUT2D eigenvalue weighted by Crippen LogP contribution is 2.04. The third-order valence-corrected chi connectivity index (χ3v) is 3.04. The molecule has 0 amide bonds. The van der Waals surface area contributed by atoms with Gasteiger partial charge in [-0.1, -0.05) is 13.0 Å². The van der Waals surface area contributed by atoms with Gasteiger partial charge in [-0.3, -0.25) is 9.88 Å². The number of aromatic nitrogens is 1. The van der Waals surface area contributed by atoms with E-state index in [1.165, 1.54) is 0 Å². The molecule has 1 N–H and O–H groups in total. The lowest BCUT2D eigenvalue weighted by atomic mass is 10.3. The maximum atomic E-state index is 5.37. The first kappa shape index (κ1) is 13.8. The van der Waals surface area contributed by atoms with Crippen LogP contribution in [0.5, 0.6) is 0 Å². The predicted molar refractivity (Wildman–Crippen MR) is 75.6 cm³/mol. The number of likely N-dealkylation sites (N-methyl/N-ethyl adjacent to an activating group) is 1. The number of hydrogen-bond donors (Lipinski definition) is 1. The van der Waals surface area contributed by atoms with E-state index < -0.39 is 0 Å². The van der Waals surface area contributed by atoms with E-state index in [4.69, 9.17) is 4.42 Å². The molecule has 4 heteroatoms. The fraction of sp³-hybridized carbons (Fsp3) is 0.400. The first-order valence-corrected chi connectivity index (χ1v) is 6.74. The van der Waals surface area contributed by atoms with Crippen molar-refractivity contribution in [1.29, 1.82) is 0 Å². The molecule has 19 heavy (non-hydrogen) atoms. The number of furan rings is 1. The average molecular weight is 259 g/mol. The van der Waals surface area contributed by atoms with E-state index in [-0.39, 0.29) is 0 Å². The van der Waals surface area contributed by atoms with Gasteiger partial charge in [0.05, 0.1) is 18.5 Å². The number of nitrogens with zero attached hydrogens (tertiary/aromatic N) is 2. The number of pyridine rings is 1. The molecule has 0 aliphatic rings. The molecular formula is C15H21N3O. The Balaban J connectivity index is 1.66. The van der Waals surface area contributed by atoms with E-state index in [1.54, 1.807) is 6.26 Å². The number of rotatable bonds is 8. The van der Waals surface area contributed by atoms with Gasteiger partial charge in [-0.2, -0.15) is 0 Å². The van der Waals surface area contributed by atoms with Crippen LogP contribution in [-0.4, -0.2) is 29.5 Å². The molecule has 0 atom stereocenters. The Kier molecular flexibility index (Phi) is 5.59. The van der Waals surface area contributed by atoms with Crippen molar-refractivity contribution in [3.63, 3.8) is 0 Å². The van der Waals surface area contributed by atoms with Crippen LogP contribution in [-0.2, 0) is 13.1 Å². The maximum absolute atomic E-state index is 5.37. The van der Waals surface area contributed by atoms with Crippen LogP contribution in [0.3, 0.4) is 0 Å². The van der Waals surface area contributed by atoms with Gasteiger partial charge in [0.15, 0.2) is 0 Å². The van der Waals surface area contributed by atoms with Crippen molar-refractivity contribution < 1.29 is 4.42 Å². The van der Waals surface area contributed by atoms with E-state index in [0.717, 1.165) is 44.2 Å². The summed E-state index contributed by atoms with van der Waals surface area (Å²) in [5, 5.41) is 3.41. The molecule has 4 nitrogen and oxygen atoms in total. The van der Waals surface area contributed by atoms with Gasteiger partial charge in [-0.15, -0.1) is 0 Å². The first-order valence-electron chi connectivity index (χ1n) is 6.74. The van der Waals surface area contributed by atoms with Crippen LogP contribution in [0.4, 0.5) is 0 Å². The van der Waals surface area contributed by atoms with E-state index in [1.807, 2.05) is 36.5 Å². The van der Waals surface area contributed by atoms with Crippen LogP contribution in [0.1, 0.15) is 18.4 Å². The Hall–Kier alpha value is -1.65. The summed E-state index contributed by atoms with van der Waals surface area (Å²) in [4.78, 5) is 6.64. The quantitative estimate of drug-likeness (QED) is 0.739. The Morgan fingerprint density at radius 2 is 2.21 bits per heavy atom. The van der Waals surface area contributed by atoms with Crippen LogP contribution in [0.25, 0.3) is 0 Å². The van der Waals surface area contributed by atoms with Crippen molar-refractivity contribution in [2.24, 2.45) is 0 Å². The summed E-state index contributed by atoms with van der Waals surface area (Å²) >= 11 is 0. The number of nitrogens with one attached hydrogen (secondary N) is 1. The molecule has 0 aliphatic heterocycles. The van der Waals surface area contributed by atoms with Crippen LogP contribution >= 0.6 is 0 Å². The second-order valence-corrected chi connectivity index (χ2v) is 4.45. The zero-order valence-corrected chi connectivity index (χ0v) is 11.4. The number of hydrogen-bond acceptors (Lipinski definition) is 4. The van der Waals surface area contributed by atoms with Gasteiger partial charge in [0.25, 0.3) is 0 Å². The topological polar surface area (TPSA) is 41.3 Å². The fourth-order valence-corrected chi connectivity index (χ4v) is 1.93. The van der Waals surface area contributed by atoms with E-state index in [2.05, 4.69) is 22.1 Å². The Morgan fingerprint density at radius 1 is 1.26 bits per heavy atom. The third kappa shape index (κ3) is 4.85. The van der Waals surface area contributed by atoms with Gasteiger partial charge in [0.2, 0.25) is 0 Å². The van der Waals surface area contributed by atoms with Crippen LogP contribution in [0.15, 0.2) is 47.2 Å². The molecule has 0 radical (unpaired) electrons. The van der Waals surface area contributed by atoms with E-state index in [9.17, 15) is 0 Å². The van der Waals surface area contributed by atoms with Crippen LogP contribution in [0, 0.1) is 0 Å². The molecule has 0 fully saturated rings. The monoisotopic (exact) mass is 259 g/mol. The summed E-state index contributed by atoms with van der Waals surface area (Å²) < 4.78 is 5.37. The average Bonchev–Trinajstić information content (AvgIpc) is 2.96. The molecule has 2 aromatic rings. The van der Waals surface area contributed by atoms with Crippen LogP contribution in [0.2, 0.25) is 0 Å². The molecule has 2 aromatic heterocycles. The summed E-state index contributed by atoms with van der Waals surface area (Å²) in [5.41, 5.74) is 1.08. The third-order valence-electron chi connectivity index (χ3n) is 3.04. The van der Waals surface area contributed by atoms with Crippen molar-refractivity contribution in [3.8, 4) is 0 Å². The van der Waals surface area contributed by atoms with Crippen molar-refractivity contribution >= 4 is 0 Å². The molecule has 2 rings (SSSR count). The highest BCUT2D eigenvalue weighted by molar-refractivity contribution is 5.02. The molecule has 0 saturated heterocycles. The SMILES string of the molecule is CCN(CCNCc1ccccn1)Cc1ccco1. The smallest absolute Gasteiger partial charge is 0.117 e. The molecule has 0 aromatic carbocycles.